The lowest BCUT2D eigenvalue weighted by Crippen LogP contribution is -2.32. The maximum atomic E-state index is 11.9. The number of nitrogens with one attached hydrogen (secondary N) is 1. The van der Waals surface area contributed by atoms with Crippen molar-refractivity contribution in [3.63, 3.8) is 0 Å². The molecule has 0 bridgehead atoms. The SMILES string of the molecule is CCOc1ccc(OCCNC(=O)COC(=O)c2ccc(Cl)cc2Cl)cc1. The molecule has 1 N–H and O–H groups in total. The quantitative estimate of drug-likeness (QED) is 0.502. The number of ether oxygens (including phenoxy) is 3. The third kappa shape index (κ3) is 7.00. The monoisotopic (exact) mass is 411 g/mol. The van der Waals surface area contributed by atoms with Gasteiger partial charge in [-0.15, -0.1) is 0 Å². The maximum Gasteiger partial charge on any atom is 0.340 e. The zero-order chi connectivity index (χ0) is 19.6. The molecule has 1 amide bonds. The maximum absolute atomic E-state index is 11.9. The molecule has 0 aliphatic heterocycles. The van der Waals surface area contributed by atoms with Crippen molar-refractivity contribution in [3.05, 3.63) is 58.1 Å². The third-order valence-corrected chi connectivity index (χ3v) is 3.86. The number of benzene rings is 2. The van der Waals surface area contributed by atoms with Crippen LogP contribution in [0.1, 0.15) is 17.3 Å². The van der Waals surface area contributed by atoms with Gasteiger partial charge in [-0.25, -0.2) is 4.79 Å². The number of halogens is 2. The van der Waals surface area contributed by atoms with E-state index < -0.39 is 18.5 Å². The number of hydrogen-bond acceptors (Lipinski definition) is 5. The minimum absolute atomic E-state index is 0.146. The van der Waals surface area contributed by atoms with Crippen molar-refractivity contribution in [1.29, 1.82) is 0 Å². The summed E-state index contributed by atoms with van der Waals surface area (Å²) in [5, 5.41) is 3.16. The van der Waals surface area contributed by atoms with E-state index in [4.69, 9.17) is 37.4 Å². The summed E-state index contributed by atoms with van der Waals surface area (Å²) in [6.45, 7) is 2.64. The summed E-state index contributed by atoms with van der Waals surface area (Å²) in [4.78, 5) is 23.6. The van der Waals surface area contributed by atoms with Gasteiger partial charge in [0.25, 0.3) is 5.91 Å². The van der Waals surface area contributed by atoms with E-state index in [1.54, 1.807) is 24.3 Å². The van der Waals surface area contributed by atoms with Gasteiger partial charge >= 0.3 is 5.97 Å². The first-order valence-corrected chi connectivity index (χ1v) is 8.99. The van der Waals surface area contributed by atoms with Gasteiger partial charge in [0.2, 0.25) is 0 Å². The number of carbonyl (C=O) groups excluding carboxylic acids is 2. The lowest BCUT2D eigenvalue weighted by molar-refractivity contribution is -0.124. The molecule has 0 radical (unpaired) electrons. The minimum atomic E-state index is -0.697. The van der Waals surface area contributed by atoms with Gasteiger partial charge in [-0.3, -0.25) is 4.79 Å². The lowest BCUT2D eigenvalue weighted by Gasteiger charge is -2.09. The number of carbonyl (C=O) groups is 2. The highest BCUT2D eigenvalue weighted by atomic mass is 35.5. The van der Waals surface area contributed by atoms with Crippen molar-refractivity contribution < 1.29 is 23.8 Å². The molecule has 0 spiro atoms. The topological polar surface area (TPSA) is 73.9 Å². The Labute approximate surface area is 167 Å². The molecule has 27 heavy (non-hydrogen) atoms. The lowest BCUT2D eigenvalue weighted by atomic mass is 10.2. The van der Waals surface area contributed by atoms with Crippen LogP contribution in [0.15, 0.2) is 42.5 Å². The van der Waals surface area contributed by atoms with Crippen molar-refractivity contribution in [2.45, 2.75) is 6.92 Å². The van der Waals surface area contributed by atoms with Crippen molar-refractivity contribution in [3.8, 4) is 11.5 Å². The number of amides is 1. The first-order chi connectivity index (χ1) is 13.0. The predicted molar refractivity (Wildman–Crippen MR) is 103 cm³/mol. The zero-order valence-corrected chi connectivity index (χ0v) is 16.2. The molecule has 0 aliphatic rings. The van der Waals surface area contributed by atoms with Gasteiger partial charge in [0.15, 0.2) is 6.61 Å². The van der Waals surface area contributed by atoms with Crippen LogP contribution in [0.25, 0.3) is 0 Å². The first kappa shape index (κ1) is 20.9. The molecule has 0 atom stereocenters. The van der Waals surface area contributed by atoms with Crippen LogP contribution in [-0.2, 0) is 9.53 Å². The highest BCUT2D eigenvalue weighted by Crippen LogP contribution is 2.21. The van der Waals surface area contributed by atoms with Gasteiger partial charge in [0.1, 0.15) is 18.1 Å². The molecular weight excluding hydrogens is 393 g/mol. The number of esters is 1. The standard InChI is InChI=1S/C19H19Cl2NO5/c1-2-25-14-4-6-15(7-5-14)26-10-9-22-18(23)12-27-19(24)16-8-3-13(20)11-17(16)21/h3-8,11H,2,9-10,12H2,1H3,(H,22,23). The second-order valence-corrected chi connectivity index (χ2v) is 6.15. The molecule has 8 heteroatoms. The summed E-state index contributed by atoms with van der Waals surface area (Å²) >= 11 is 11.7. The molecule has 2 rings (SSSR count). The van der Waals surface area contributed by atoms with E-state index in [-0.39, 0.29) is 23.7 Å². The third-order valence-electron chi connectivity index (χ3n) is 3.31. The Morgan fingerprint density at radius 3 is 2.30 bits per heavy atom. The van der Waals surface area contributed by atoms with Crippen molar-refractivity contribution in [2.75, 3.05) is 26.4 Å². The largest absolute Gasteiger partial charge is 0.494 e. The van der Waals surface area contributed by atoms with E-state index >= 15 is 0 Å². The molecule has 0 unspecified atom stereocenters. The Kier molecular flexibility index (Phi) is 8.23. The van der Waals surface area contributed by atoms with E-state index in [9.17, 15) is 9.59 Å². The van der Waals surface area contributed by atoms with Gasteiger partial charge in [0.05, 0.1) is 23.7 Å². The summed E-state index contributed by atoms with van der Waals surface area (Å²) in [7, 11) is 0. The van der Waals surface area contributed by atoms with E-state index in [1.165, 1.54) is 18.2 Å². The molecule has 0 saturated carbocycles. The second-order valence-electron chi connectivity index (χ2n) is 5.30. The molecule has 2 aromatic rings. The molecule has 2 aromatic carbocycles. The van der Waals surface area contributed by atoms with Gasteiger partial charge in [0, 0.05) is 5.02 Å². The average Bonchev–Trinajstić information content (AvgIpc) is 2.65. The summed E-state index contributed by atoms with van der Waals surface area (Å²) in [6, 6.07) is 11.6. The van der Waals surface area contributed by atoms with Crippen LogP contribution in [0.5, 0.6) is 11.5 Å². The molecule has 6 nitrogen and oxygen atoms in total. The number of hydrogen-bond donors (Lipinski definition) is 1. The van der Waals surface area contributed by atoms with Crippen LogP contribution in [0.4, 0.5) is 0 Å². The normalized spacial score (nSPS) is 10.2. The minimum Gasteiger partial charge on any atom is -0.494 e. The van der Waals surface area contributed by atoms with Crippen LogP contribution in [0, 0.1) is 0 Å². The van der Waals surface area contributed by atoms with E-state index in [1.807, 2.05) is 6.92 Å². The Balaban J connectivity index is 1.66. The molecule has 0 heterocycles. The smallest absolute Gasteiger partial charge is 0.340 e. The highest BCUT2D eigenvalue weighted by molar-refractivity contribution is 6.36. The van der Waals surface area contributed by atoms with Crippen molar-refractivity contribution >= 4 is 35.1 Å². The van der Waals surface area contributed by atoms with Crippen LogP contribution < -0.4 is 14.8 Å². The molecule has 0 saturated heterocycles. The van der Waals surface area contributed by atoms with Gasteiger partial charge in [-0.1, -0.05) is 23.2 Å². The van der Waals surface area contributed by atoms with E-state index in [2.05, 4.69) is 5.32 Å². The molecular formula is C19H19Cl2NO5. The summed E-state index contributed by atoms with van der Waals surface area (Å²) in [5.41, 5.74) is 0.146. The fraction of sp³-hybridized carbons (Fsp3) is 0.263. The summed E-state index contributed by atoms with van der Waals surface area (Å²) in [5.74, 6) is 0.290. The van der Waals surface area contributed by atoms with E-state index in [0.717, 1.165) is 5.75 Å². The van der Waals surface area contributed by atoms with Gasteiger partial charge < -0.3 is 19.5 Å². The predicted octanol–water partition coefficient (Wildman–Crippen LogP) is 3.74. The Morgan fingerprint density at radius 2 is 1.67 bits per heavy atom. The number of rotatable bonds is 9. The fourth-order valence-corrected chi connectivity index (χ4v) is 2.56. The van der Waals surface area contributed by atoms with Crippen molar-refractivity contribution in [2.24, 2.45) is 0 Å². The van der Waals surface area contributed by atoms with Crippen LogP contribution in [-0.4, -0.2) is 38.2 Å². The molecule has 144 valence electrons. The van der Waals surface area contributed by atoms with Crippen LogP contribution in [0.2, 0.25) is 10.0 Å². The van der Waals surface area contributed by atoms with E-state index in [0.29, 0.717) is 17.4 Å². The summed E-state index contributed by atoms with van der Waals surface area (Å²) in [6.07, 6.45) is 0. The highest BCUT2D eigenvalue weighted by Gasteiger charge is 2.13. The molecule has 0 aromatic heterocycles. The molecule has 0 aliphatic carbocycles. The van der Waals surface area contributed by atoms with Crippen LogP contribution in [0.3, 0.4) is 0 Å². The van der Waals surface area contributed by atoms with Crippen molar-refractivity contribution in [1.82, 2.24) is 5.32 Å². The fourth-order valence-electron chi connectivity index (χ4n) is 2.07. The average molecular weight is 412 g/mol. The zero-order valence-electron chi connectivity index (χ0n) is 14.7. The first-order valence-electron chi connectivity index (χ1n) is 8.24. The Hall–Kier alpha value is -2.44. The Morgan fingerprint density at radius 1 is 1.00 bits per heavy atom. The van der Waals surface area contributed by atoms with Gasteiger partial charge in [-0.05, 0) is 49.4 Å². The Bertz CT molecular complexity index is 780. The van der Waals surface area contributed by atoms with Gasteiger partial charge in [-0.2, -0.15) is 0 Å². The summed E-state index contributed by atoms with van der Waals surface area (Å²) < 4.78 is 15.8. The van der Waals surface area contributed by atoms with Crippen LogP contribution >= 0.6 is 23.2 Å². The molecule has 0 fully saturated rings. The second kappa shape index (κ2) is 10.6.